The van der Waals surface area contributed by atoms with Crippen LogP contribution < -0.4 is 5.73 Å². The van der Waals surface area contributed by atoms with Crippen molar-refractivity contribution in [3.8, 4) is 0 Å². The molecule has 0 spiro atoms. The Morgan fingerprint density at radius 2 is 2.00 bits per heavy atom. The molecule has 0 aliphatic heterocycles. The van der Waals surface area contributed by atoms with Crippen molar-refractivity contribution in [1.82, 2.24) is 0 Å². The van der Waals surface area contributed by atoms with Crippen LogP contribution in [0.5, 0.6) is 0 Å². The van der Waals surface area contributed by atoms with Gasteiger partial charge in [-0.25, -0.2) is 0 Å². The standard InChI is InChI=1S/C13H20ClNO/c1-13(2,3)12(16)11(8-15)9-5-4-6-10(14)7-9/h4-7,11-12,16H,8,15H2,1-3H3. The van der Waals surface area contributed by atoms with E-state index in [4.69, 9.17) is 17.3 Å². The number of benzene rings is 1. The molecule has 3 heteroatoms. The minimum absolute atomic E-state index is 0.0706. The number of halogens is 1. The van der Waals surface area contributed by atoms with Crippen molar-refractivity contribution < 1.29 is 5.11 Å². The molecule has 0 fully saturated rings. The van der Waals surface area contributed by atoms with E-state index in [1.54, 1.807) is 0 Å². The topological polar surface area (TPSA) is 46.2 Å². The first kappa shape index (κ1) is 13.5. The Kier molecular flexibility index (Phi) is 4.36. The molecule has 3 N–H and O–H groups in total. The van der Waals surface area contributed by atoms with Gasteiger partial charge in [0.1, 0.15) is 0 Å². The number of hydrogen-bond donors (Lipinski definition) is 2. The minimum atomic E-state index is -0.476. The van der Waals surface area contributed by atoms with Crippen LogP contribution in [-0.2, 0) is 0 Å². The van der Waals surface area contributed by atoms with Gasteiger partial charge in [0.2, 0.25) is 0 Å². The zero-order valence-corrected chi connectivity index (χ0v) is 10.8. The molecule has 0 aliphatic carbocycles. The van der Waals surface area contributed by atoms with E-state index in [1.165, 1.54) is 0 Å². The minimum Gasteiger partial charge on any atom is -0.392 e. The van der Waals surface area contributed by atoms with Crippen LogP contribution in [0.4, 0.5) is 0 Å². The quantitative estimate of drug-likeness (QED) is 0.855. The summed E-state index contributed by atoms with van der Waals surface area (Å²) in [7, 11) is 0. The third-order valence-electron chi connectivity index (χ3n) is 2.80. The highest BCUT2D eigenvalue weighted by atomic mass is 35.5. The molecule has 0 saturated carbocycles. The van der Waals surface area contributed by atoms with Gasteiger partial charge < -0.3 is 10.8 Å². The molecule has 1 rings (SSSR count). The zero-order valence-electron chi connectivity index (χ0n) is 10.1. The largest absolute Gasteiger partial charge is 0.392 e. The monoisotopic (exact) mass is 241 g/mol. The first-order chi connectivity index (χ1) is 7.36. The highest BCUT2D eigenvalue weighted by molar-refractivity contribution is 6.30. The van der Waals surface area contributed by atoms with Gasteiger partial charge in [-0.05, 0) is 23.1 Å². The van der Waals surface area contributed by atoms with Crippen molar-refractivity contribution in [3.05, 3.63) is 34.9 Å². The number of aliphatic hydroxyl groups is 1. The lowest BCUT2D eigenvalue weighted by molar-refractivity contribution is 0.0408. The molecule has 2 atom stereocenters. The highest BCUT2D eigenvalue weighted by Crippen LogP contribution is 2.31. The molecule has 16 heavy (non-hydrogen) atoms. The van der Waals surface area contributed by atoms with Gasteiger partial charge >= 0.3 is 0 Å². The lowest BCUT2D eigenvalue weighted by Crippen LogP contribution is -2.36. The Bertz CT molecular complexity index is 346. The smallest absolute Gasteiger partial charge is 0.0669 e. The SMILES string of the molecule is CC(C)(C)C(O)C(CN)c1cccc(Cl)c1. The maximum Gasteiger partial charge on any atom is 0.0669 e. The van der Waals surface area contributed by atoms with Crippen LogP contribution in [0.1, 0.15) is 32.3 Å². The number of aliphatic hydroxyl groups excluding tert-OH is 1. The van der Waals surface area contributed by atoms with Crippen molar-refractivity contribution >= 4 is 11.6 Å². The number of nitrogens with two attached hydrogens (primary N) is 1. The molecular weight excluding hydrogens is 222 g/mol. The lowest BCUT2D eigenvalue weighted by atomic mass is 9.78. The second-order valence-electron chi connectivity index (χ2n) is 5.21. The molecule has 0 radical (unpaired) electrons. The van der Waals surface area contributed by atoms with Gasteiger partial charge in [-0.1, -0.05) is 44.5 Å². The first-order valence-electron chi connectivity index (χ1n) is 5.50. The van der Waals surface area contributed by atoms with E-state index in [0.29, 0.717) is 11.6 Å². The van der Waals surface area contributed by atoms with Crippen LogP contribution in [0.3, 0.4) is 0 Å². The van der Waals surface area contributed by atoms with Crippen LogP contribution in [-0.4, -0.2) is 17.8 Å². The molecule has 0 bridgehead atoms. The molecule has 1 aromatic rings. The van der Waals surface area contributed by atoms with E-state index in [9.17, 15) is 5.11 Å². The van der Waals surface area contributed by atoms with Crippen molar-refractivity contribution in [2.24, 2.45) is 11.1 Å². The summed E-state index contributed by atoms with van der Waals surface area (Å²) in [5.41, 5.74) is 6.56. The molecule has 1 aromatic carbocycles. The van der Waals surface area contributed by atoms with Gasteiger partial charge in [0.05, 0.1) is 6.10 Å². The Balaban J connectivity index is 2.99. The van der Waals surface area contributed by atoms with Crippen LogP contribution in [0.15, 0.2) is 24.3 Å². The van der Waals surface area contributed by atoms with E-state index in [2.05, 4.69) is 0 Å². The van der Waals surface area contributed by atoms with Gasteiger partial charge in [0.15, 0.2) is 0 Å². The van der Waals surface area contributed by atoms with Gasteiger partial charge in [0, 0.05) is 17.5 Å². The molecule has 0 heterocycles. The second kappa shape index (κ2) is 5.17. The summed E-state index contributed by atoms with van der Waals surface area (Å²) in [6.45, 7) is 6.43. The van der Waals surface area contributed by atoms with Crippen molar-refractivity contribution in [3.63, 3.8) is 0 Å². The third-order valence-corrected chi connectivity index (χ3v) is 3.03. The fraction of sp³-hybridized carbons (Fsp3) is 0.538. The number of rotatable bonds is 3. The maximum absolute atomic E-state index is 10.3. The normalized spacial score (nSPS) is 15.9. The van der Waals surface area contributed by atoms with E-state index < -0.39 is 6.10 Å². The molecule has 0 saturated heterocycles. The summed E-state index contributed by atoms with van der Waals surface area (Å²) >= 11 is 5.94. The molecule has 2 nitrogen and oxygen atoms in total. The van der Waals surface area contributed by atoms with E-state index in [0.717, 1.165) is 5.56 Å². The molecule has 0 amide bonds. The highest BCUT2D eigenvalue weighted by Gasteiger charge is 2.30. The predicted molar refractivity (Wildman–Crippen MR) is 68.7 cm³/mol. The van der Waals surface area contributed by atoms with E-state index >= 15 is 0 Å². The summed E-state index contributed by atoms with van der Waals surface area (Å²) in [6, 6.07) is 7.53. The van der Waals surface area contributed by atoms with E-state index in [-0.39, 0.29) is 11.3 Å². The Morgan fingerprint density at radius 1 is 1.38 bits per heavy atom. The predicted octanol–water partition coefficient (Wildman–Crippen LogP) is 2.79. The maximum atomic E-state index is 10.3. The molecular formula is C13H20ClNO. The summed E-state index contributed by atoms with van der Waals surface area (Å²) < 4.78 is 0. The molecule has 2 unspecified atom stereocenters. The Hall–Kier alpha value is -0.570. The van der Waals surface area contributed by atoms with Gasteiger partial charge in [-0.15, -0.1) is 0 Å². The van der Waals surface area contributed by atoms with Crippen LogP contribution >= 0.6 is 11.6 Å². The summed E-state index contributed by atoms with van der Waals surface area (Å²) in [5, 5.41) is 10.9. The average Bonchev–Trinajstić information content (AvgIpc) is 2.17. The summed E-state index contributed by atoms with van der Waals surface area (Å²) in [6.07, 6.45) is -0.476. The number of hydrogen-bond acceptors (Lipinski definition) is 2. The van der Waals surface area contributed by atoms with Gasteiger partial charge in [-0.3, -0.25) is 0 Å². The van der Waals surface area contributed by atoms with Gasteiger partial charge in [0.25, 0.3) is 0 Å². The lowest BCUT2D eigenvalue weighted by Gasteiger charge is -2.32. The Labute approximate surface area is 102 Å². The molecule has 0 aliphatic rings. The van der Waals surface area contributed by atoms with E-state index in [1.807, 2.05) is 45.0 Å². The van der Waals surface area contributed by atoms with Crippen molar-refractivity contribution in [2.75, 3.05) is 6.54 Å². The van der Waals surface area contributed by atoms with Crippen molar-refractivity contribution in [1.29, 1.82) is 0 Å². The average molecular weight is 242 g/mol. The third kappa shape index (κ3) is 3.21. The zero-order chi connectivity index (χ0) is 12.3. The van der Waals surface area contributed by atoms with Crippen LogP contribution in [0.25, 0.3) is 0 Å². The fourth-order valence-electron chi connectivity index (χ4n) is 1.79. The summed E-state index contributed by atoms with van der Waals surface area (Å²) in [5.74, 6) is -0.0706. The second-order valence-corrected chi connectivity index (χ2v) is 5.64. The van der Waals surface area contributed by atoms with Crippen LogP contribution in [0, 0.1) is 5.41 Å². The summed E-state index contributed by atoms with van der Waals surface area (Å²) in [4.78, 5) is 0. The van der Waals surface area contributed by atoms with Gasteiger partial charge in [-0.2, -0.15) is 0 Å². The molecule has 0 aromatic heterocycles. The fourth-order valence-corrected chi connectivity index (χ4v) is 1.99. The van der Waals surface area contributed by atoms with Crippen molar-refractivity contribution in [2.45, 2.75) is 32.8 Å². The molecule has 90 valence electrons. The first-order valence-corrected chi connectivity index (χ1v) is 5.87. The van der Waals surface area contributed by atoms with Crippen LogP contribution in [0.2, 0.25) is 5.02 Å². The Morgan fingerprint density at radius 3 is 2.44 bits per heavy atom.